The number of anilines is 1. The largest absolute Gasteiger partial charge is 0.478 e. The maximum Gasteiger partial charge on any atom is 0.338 e. The standard InChI is InChI=1S/C32H25F5N2O6S/c1-15-21(14-46-30-20(31(42)43)3-2-12-38-30)44-32(45-28(15)17-6-4-16(13-40)5-7-17)18-8-10-19(11-9-18)39-29(41)22-23(33)25(35)27(37)26(36)24(22)34/h2-12,15,21,28,32,40H,13-14H2,1H3,(H,39,41)(H,42,43)/t15-,21+,28+,32+/m0/s1. The van der Waals surface area contributed by atoms with Gasteiger partial charge in [0.05, 0.1) is 24.4 Å². The summed E-state index contributed by atoms with van der Waals surface area (Å²) < 4.78 is 81.5. The number of amides is 1. The van der Waals surface area contributed by atoms with Crippen molar-refractivity contribution in [2.75, 3.05) is 11.1 Å². The highest BCUT2D eigenvalue weighted by Gasteiger charge is 2.39. The summed E-state index contributed by atoms with van der Waals surface area (Å²) in [4.78, 5) is 28.4. The minimum Gasteiger partial charge on any atom is -0.478 e. The third-order valence-electron chi connectivity index (χ3n) is 7.39. The van der Waals surface area contributed by atoms with Gasteiger partial charge in [-0.3, -0.25) is 4.79 Å². The monoisotopic (exact) mass is 660 g/mol. The molecule has 0 unspecified atom stereocenters. The summed E-state index contributed by atoms with van der Waals surface area (Å²) >= 11 is 1.21. The van der Waals surface area contributed by atoms with Crippen molar-refractivity contribution in [2.45, 2.75) is 37.1 Å². The molecule has 5 rings (SSSR count). The van der Waals surface area contributed by atoms with Crippen molar-refractivity contribution >= 4 is 29.3 Å². The molecule has 3 aromatic carbocycles. The van der Waals surface area contributed by atoms with Crippen molar-refractivity contribution in [1.29, 1.82) is 0 Å². The number of rotatable bonds is 9. The van der Waals surface area contributed by atoms with Crippen LogP contribution in [0.4, 0.5) is 27.6 Å². The number of nitrogens with zero attached hydrogens (tertiary/aromatic N) is 1. The lowest BCUT2D eigenvalue weighted by atomic mass is 9.91. The van der Waals surface area contributed by atoms with Crippen LogP contribution < -0.4 is 5.32 Å². The quantitative estimate of drug-likeness (QED) is 0.0777. The number of aromatic carboxylic acids is 1. The maximum atomic E-state index is 14.1. The van der Waals surface area contributed by atoms with Crippen LogP contribution in [-0.2, 0) is 16.1 Å². The topological polar surface area (TPSA) is 118 Å². The second-order valence-electron chi connectivity index (χ2n) is 10.3. The number of hydrogen-bond acceptors (Lipinski definition) is 7. The molecule has 8 nitrogen and oxygen atoms in total. The number of carbonyl (C=O) groups is 2. The Bertz CT molecular complexity index is 1730. The van der Waals surface area contributed by atoms with Crippen LogP contribution in [0, 0.1) is 35.0 Å². The van der Waals surface area contributed by atoms with Gasteiger partial charge in [-0.15, -0.1) is 11.8 Å². The fourth-order valence-corrected chi connectivity index (χ4v) is 6.01. The smallest absolute Gasteiger partial charge is 0.338 e. The van der Waals surface area contributed by atoms with Crippen LogP contribution in [0.3, 0.4) is 0 Å². The Morgan fingerprint density at radius 2 is 1.48 bits per heavy atom. The first-order valence-corrected chi connectivity index (χ1v) is 14.7. The van der Waals surface area contributed by atoms with E-state index in [2.05, 4.69) is 10.3 Å². The average Bonchev–Trinajstić information content (AvgIpc) is 3.06. The molecule has 0 spiro atoms. The van der Waals surface area contributed by atoms with Gasteiger partial charge in [0.2, 0.25) is 5.82 Å². The fourth-order valence-electron chi connectivity index (χ4n) is 4.86. The Balaban J connectivity index is 1.38. The first-order chi connectivity index (χ1) is 22.0. The highest BCUT2D eigenvalue weighted by atomic mass is 32.2. The predicted octanol–water partition coefficient (Wildman–Crippen LogP) is 6.80. The van der Waals surface area contributed by atoms with Crippen LogP contribution in [-0.4, -0.2) is 38.9 Å². The summed E-state index contributed by atoms with van der Waals surface area (Å²) in [7, 11) is 0. The molecule has 1 aromatic heterocycles. The number of carboxylic acids is 1. The Hall–Kier alpha value is -4.37. The van der Waals surface area contributed by atoms with E-state index in [9.17, 15) is 41.8 Å². The Kier molecular flexibility index (Phi) is 10.0. The number of aliphatic hydroxyl groups excluding tert-OH is 1. The number of halogens is 5. The molecule has 4 atom stereocenters. The zero-order chi connectivity index (χ0) is 33.1. The highest BCUT2D eigenvalue weighted by molar-refractivity contribution is 7.99. The van der Waals surface area contributed by atoms with Gasteiger partial charge >= 0.3 is 5.97 Å². The maximum absolute atomic E-state index is 14.1. The SMILES string of the molecule is C[C@H]1[C@@H](CSc2ncccc2C(=O)O)O[C@@H](c2ccc(NC(=O)c3c(F)c(F)c(F)c(F)c3F)cc2)O[C@H]1c1ccc(CO)cc1. The molecule has 4 aromatic rings. The number of ether oxygens (including phenoxy) is 2. The van der Waals surface area contributed by atoms with Gasteiger partial charge in [-0.1, -0.05) is 43.3 Å². The number of thioether (sulfide) groups is 1. The molecule has 46 heavy (non-hydrogen) atoms. The van der Waals surface area contributed by atoms with Crippen molar-refractivity contribution in [3.63, 3.8) is 0 Å². The second-order valence-corrected chi connectivity index (χ2v) is 11.3. The molecule has 2 heterocycles. The third-order valence-corrected chi connectivity index (χ3v) is 8.48. The van der Waals surface area contributed by atoms with Gasteiger partial charge in [0.25, 0.3) is 5.91 Å². The Labute approximate surface area is 263 Å². The molecule has 14 heteroatoms. The number of aromatic nitrogens is 1. The van der Waals surface area contributed by atoms with Crippen LogP contribution >= 0.6 is 11.8 Å². The zero-order valence-corrected chi connectivity index (χ0v) is 24.7. The number of carbonyl (C=O) groups excluding carboxylic acids is 1. The van der Waals surface area contributed by atoms with Crippen molar-refractivity contribution in [3.05, 3.63) is 124 Å². The number of benzene rings is 3. The highest BCUT2D eigenvalue weighted by Crippen LogP contribution is 2.43. The molecular formula is C32H25F5N2O6S. The normalized spacial score (nSPS) is 19.5. The van der Waals surface area contributed by atoms with Gasteiger partial charge in [0.15, 0.2) is 29.6 Å². The second kappa shape index (κ2) is 14.0. The van der Waals surface area contributed by atoms with Gasteiger partial charge in [0, 0.05) is 29.1 Å². The molecule has 1 saturated heterocycles. The molecule has 0 aliphatic carbocycles. The van der Waals surface area contributed by atoms with E-state index in [0.29, 0.717) is 21.9 Å². The molecular weight excluding hydrogens is 635 g/mol. The molecule has 0 radical (unpaired) electrons. The number of aliphatic hydroxyl groups is 1. The van der Waals surface area contributed by atoms with Crippen molar-refractivity contribution in [2.24, 2.45) is 5.92 Å². The van der Waals surface area contributed by atoms with Crippen molar-refractivity contribution in [1.82, 2.24) is 4.98 Å². The van der Waals surface area contributed by atoms with E-state index in [1.54, 1.807) is 12.1 Å². The third kappa shape index (κ3) is 6.75. The average molecular weight is 661 g/mol. The summed E-state index contributed by atoms with van der Waals surface area (Å²) in [5.41, 5.74) is 0.376. The van der Waals surface area contributed by atoms with Gasteiger partial charge < -0.3 is 25.0 Å². The fraction of sp³-hybridized carbons (Fsp3) is 0.219. The van der Waals surface area contributed by atoms with Crippen molar-refractivity contribution < 1.29 is 51.2 Å². The van der Waals surface area contributed by atoms with Crippen LogP contribution in [0.25, 0.3) is 0 Å². The summed E-state index contributed by atoms with van der Waals surface area (Å²) in [5.74, 6) is -14.0. The summed E-state index contributed by atoms with van der Waals surface area (Å²) in [6, 6.07) is 15.8. The first-order valence-electron chi connectivity index (χ1n) is 13.7. The lowest BCUT2D eigenvalue weighted by Gasteiger charge is -2.41. The summed E-state index contributed by atoms with van der Waals surface area (Å²) in [6.45, 7) is 1.77. The number of pyridine rings is 1. The van der Waals surface area contributed by atoms with E-state index in [-0.39, 0.29) is 23.8 Å². The van der Waals surface area contributed by atoms with E-state index >= 15 is 0 Å². The number of carboxylic acid groups (broad SMARTS) is 1. The summed E-state index contributed by atoms with van der Waals surface area (Å²) in [5, 5.41) is 21.4. The van der Waals surface area contributed by atoms with E-state index < -0.39 is 65.0 Å². The minimum atomic E-state index is -2.38. The molecule has 0 saturated carbocycles. The lowest BCUT2D eigenvalue weighted by molar-refractivity contribution is -0.268. The number of hydrogen-bond donors (Lipinski definition) is 3. The van der Waals surface area contributed by atoms with Crippen LogP contribution in [0.5, 0.6) is 0 Å². The molecule has 3 N–H and O–H groups in total. The van der Waals surface area contributed by atoms with Gasteiger partial charge in [-0.2, -0.15) is 0 Å². The molecule has 1 aliphatic rings. The first kappa shape index (κ1) is 33.0. The molecule has 1 aliphatic heterocycles. The predicted molar refractivity (Wildman–Crippen MR) is 156 cm³/mol. The van der Waals surface area contributed by atoms with E-state index in [1.807, 2.05) is 19.1 Å². The van der Waals surface area contributed by atoms with E-state index in [4.69, 9.17) is 9.47 Å². The van der Waals surface area contributed by atoms with E-state index in [0.717, 1.165) is 5.56 Å². The summed E-state index contributed by atoms with van der Waals surface area (Å²) in [6.07, 6.45) is -0.465. The Morgan fingerprint density at radius 1 is 0.870 bits per heavy atom. The van der Waals surface area contributed by atoms with Gasteiger partial charge in [-0.05, 0) is 35.4 Å². The lowest BCUT2D eigenvalue weighted by Crippen LogP contribution is -2.38. The van der Waals surface area contributed by atoms with Crippen LogP contribution in [0.1, 0.15) is 56.7 Å². The molecule has 1 amide bonds. The molecule has 0 bridgehead atoms. The van der Waals surface area contributed by atoms with Crippen LogP contribution in [0.2, 0.25) is 0 Å². The zero-order valence-electron chi connectivity index (χ0n) is 23.8. The number of nitrogens with one attached hydrogen (secondary N) is 1. The molecule has 1 fully saturated rings. The minimum absolute atomic E-state index is 0.0125. The molecule has 240 valence electrons. The van der Waals surface area contributed by atoms with Crippen molar-refractivity contribution in [3.8, 4) is 0 Å². The van der Waals surface area contributed by atoms with E-state index in [1.165, 1.54) is 54.4 Å². The van der Waals surface area contributed by atoms with Crippen LogP contribution in [0.15, 0.2) is 71.9 Å². The van der Waals surface area contributed by atoms with Gasteiger partial charge in [-0.25, -0.2) is 31.7 Å². The van der Waals surface area contributed by atoms with Gasteiger partial charge in [0.1, 0.15) is 10.6 Å². The Morgan fingerprint density at radius 3 is 2.09 bits per heavy atom.